The summed E-state index contributed by atoms with van der Waals surface area (Å²) in [6.45, 7) is 9.68. The molecule has 0 bridgehead atoms. The minimum Gasteiger partial charge on any atom is -0.466 e. The van der Waals surface area contributed by atoms with Crippen LogP contribution in [0.25, 0.3) is 0 Å². The lowest BCUT2D eigenvalue weighted by Crippen LogP contribution is -2.52. The van der Waals surface area contributed by atoms with E-state index in [0.717, 1.165) is 5.69 Å². The Morgan fingerprint density at radius 3 is 2.36 bits per heavy atom. The summed E-state index contributed by atoms with van der Waals surface area (Å²) in [4.78, 5) is 28.5. The van der Waals surface area contributed by atoms with E-state index in [0.29, 0.717) is 44.6 Å². The van der Waals surface area contributed by atoms with Crippen LogP contribution < -0.4 is 21.3 Å². The highest BCUT2D eigenvalue weighted by molar-refractivity contribution is 6.31. The van der Waals surface area contributed by atoms with Crippen LogP contribution in [0.15, 0.2) is 60.7 Å². The number of nitrogens with two attached hydrogens (primary N) is 1. The highest BCUT2D eigenvalue weighted by Crippen LogP contribution is 2.50. The molecule has 11 heteroatoms. The predicted molar refractivity (Wildman–Crippen MR) is 183 cm³/mol. The largest absolute Gasteiger partial charge is 0.466 e. The SMILES string of the molecule is CCOC(=O)C1CCN(c2ccc(NC(=O)[C@@H]3N[C@@H](CC(C)(C)C)[C@](N)(c4ccc(Cl)cc4F)[C@H]3c3cccc(Cl)c3F)cc2)CC1. The molecule has 2 aliphatic heterocycles. The van der Waals surface area contributed by atoms with Gasteiger partial charge in [0.05, 0.1) is 29.1 Å². The lowest BCUT2D eigenvalue weighted by molar-refractivity contribution is -0.148. The van der Waals surface area contributed by atoms with Crippen LogP contribution in [0.3, 0.4) is 0 Å². The first-order valence-electron chi connectivity index (χ1n) is 16.0. The summed E-state index contributed by atoms with van der Waals surface area (Å²) in [5, 5.41) is 6.43. The van der Waals surface area contributed by atoms with Gasteiger partial charge in [0.1, 0.15) is 11.6 Å². The second-order valence-electron chi connectivity index (χ2n) is 13.7. The molecule has 0 aliphatic carbocycles. The molecule has 0 unspecified atom stereocenters. The van der Waals surface area contributed by atoms with E-state index in [4.69, 9.17) is 33.7 Å². The maximum absolute atomic E-state index is 15.8. The fraction of sp³-hybridized carbons (Fsp3) is 0.444. The average Bonchev–Trinajstić information content (AvgIpc) is 3.30. The van der Waals surface area contributed by atoms with Crippen molar-refractivity contribution in [3.8, 4) is 0 Å². The Kier molecular flexibility index (Phi) is 10.5. The number of carbonyl (C=O) groups excluding carboxylic acids is 2. The van der Waals surface area contributed by atoms with Crippen LogP contribution in [0, 0.1) is 23.0 Å². The summed E-state index contributed by atoms with van der Waals surface area (Å²) in [5.74, 6) is -3.08. The second-order valence-corrected chi connectivity index (χ2v) is 14.5. The summed E-state index contributed by atoms with van der Waals surface area (Å²) in [5.41, 5.74) is 7.17. The number of piperidine rings is 1. The first kappa shape index (κ1) is 35.1. The van der Waals surface area contributed by atoms with Gasteiger partial charge in [-0.15, -0.1) is 0 Å². The van der Waals surface area contributed by atoms with E-state index in [1.807, 2.05) is 39.8 Å². The van der Waals surface area contributed by atoms with Crippen LogP contribution >= 0.6 is 23.2 Å². The van der Waals surface area contributed by atoms with Gasteiger partial charge in [-0.2, -0.15) is 0 Å². The molecule has 4 N–H and O–H groups in total. The van der Waals surface area contributed by atoms with Crippen molar-refractivity contribution in [1.29, 1.82) is 0 Å². The Labute approximate surface area is 285 Å². The van der Waals surface area contributed by atoms with Gasteiger partial charge in [0.15, 0.2) is 0 Å². The van der Waals surface area contributed by atoms with E-state index < -0.39 is 41.1 Å². The zero-order valence-corrected chi connectivity index (χ0v) is 28.6. The molecule has 0 radical (unpaired) electrons. The molecule has 3 aromatic carbocycles. The van der Waals surface area contributed by atoms with E-state index >= 15 is 8.78 Å². The third kappa shape index (κ3) is 7.43. The Bertz CT molecular complexity index is 1610. The third-order valence-corrected chi connectivity index (χ3v) is 9.76. The Morgan fingerprint density at radius 2 is 1.74 bits per heavy atom. The van der Waals surface area contributed by atoms with Crippen molar-refractivity contribution in [3.63, 3.8) is 0 Å². The van der Waals surface area contributed by atoms with Gasteiger partial charge in [0, 0.05) is 47.0 Å². The van der Waals surface area contributed by atoms with E-state index in [9.17, 15) is 9.59 Å². The molecule has 2 fully saturated rings. The van der Waals surface area contributed by atoms with Crippen molar-refractivity contribution in [2.24, 2.45) is 17.1 Å². The summed E-state index contributed by atoms with van der Waals surface area (Å²) in [6, 6.07) is 14.6. The van der Waals surface area contributed by atoms with Gasteiger partial charge in [-0.3, -0.25) is 9.59 Å². The maximum Gasteiger partial charge on any atom is 0.309 e. The molecule has 7 nitrogen and oxygen atoms in total. The molecule has 0 spiro atoms. The molecule has 4 atom stereocenters. The molecule has 2 aliphatic rings. The van der Waals surface area contributed by atoms with Crippen LogP contribution in [-0.4, -0.2) is 43.7 Å². The maximum atomic E-state index is 15.8. The zero-order valence-electron chi connectivity index (χ0n) is 27.1. The zero-order chi connectivity index (χ0) is 34.1. The second kappa shape index (κ2) is 14.1. The molecular weight excluding hydrogens is 645 g/mol. The number of nitrogens with zero attached hydrogens (tertiary/aromatic N) is 1. The smallest absolute Gasteiger partial charge is 0.309 e. The molecule has 252 valence electrons. The molecule has 1 amide bonds. The lowest BCUT2D eigenvalue weighted by atomic mass is 9.68. The molecule has 2 saturated heterocycles. The number of halogens is 4. The van der Waals surface area contributed by atoms with Crippen LogP contribution in [0.5, 0.6) is 0 Å². The topological polar surface area (TPSA) is 96.7 Å². The van der Waals surface area contributed by atoms with Crippen LogP contribution in [-0.2, 0) is 19.9 Å². The molecule has 47 heavy (non-hydrogen) atoms. The van der Waals surface area contributed by atoms with Crippen LogP contribution in [0.2, 0.25) is 10.0 Å². The Hall–Kier alpha value is -3.24. The van der Waals surface area contributed by atoms with Gasteiger partial charge < -0.3 is 26.0 Å². The molecule has 5 rings (SSSR count). The number of esters is 1. The number of amides is 1. The number of hydrogen-bond donors (Lipinski definition) is 3. The molecule has 0 saturated carbocycles. The lowest BCUT2D eigenvalue weighted by Gasteiger charge is -2.40. The standard InChI is InChI=1S/C36H42Cl2F2N4O3/c1-5-47-34(46)21-15-17-44(18-16-21)24-12-10-23(11-13-24)42-33(45)32-30(25-7-6-8-27(38)31(25)40)36(41,29(43-32)20-35(2,3)4)26-14-9-22(37)19-28(26)39/h6-14,19,21,29-30,32,43H,5,15-18,20,41H2,1-4H3,(H,42,45)/t29-,30-,32+,36+/m0/s1. The van der Waals surface area contributed by atoms with Gasteiger partial charge in [-0.05, 0) is 79.6 Å². The number of carbonyl (C=O) groups is 2. The Balaban J connectivity index is 1.45. The van der Waals surface area contributed by atoms with Crippen LogP contribution in [0.1, 0.15) is 64.0 Å². The first-order valence-corrected chi connectivity index (χ1v) is 16.8. The number of ether oxygens (including phenoxy) is 1. The summed E-state index contributed by atoms with van der Waals surface area (Å²) in [7, 11) is 0. The van der Waals surface area contributed by atoms with E-state index in [1.165, 1.54) is 18.2 Å². The first-order chi connectivity index (χ1) is 22.2. The van der Waals surface area contributed by atoms with Gasteiger partial charge in [-0.1, -0.05) is 62.2 Å². The summed E-state index contributed by atoms with van der Waals surface area (Å²) in [6.07, 6.45) is 1.86. The monoisotopic (exact) mass is 686 g/mol. The van der Waals surface area contributed by atoms with Gasteiger partial charge in [0.2, 0.25) is 5.91 Å². The quantitative estimate of drug-likeness (QED) is 0.214. The minimum absolute atomic E-state index is 0.0981. The number of benzene rings is 3. The molecule has 0 aromatic heterocycles. The van der Waals surface area contributed by atoms with Crippen molar-refractivity contribution in [1.82, 2.24) is 5.32 Å². The van der Waals surface area contributed by atoms with Crippen molar-refractivity contribution >= 4 is 46.5 Å². The van der Waals surface area contributed by atoms with Crippen molar-refractivity contribution in [3.05, 3.63) is 93.5 Å². The van der Waals surface area contributed by atoms with E-state index in [2.05, 4.69) is 15.5 Å². The molecule has 3 aromatic rings. The number of hydrogen-bond acceptors (Lipinski definition) is 6. The summed E-state index contributed by atoms with van der Waals surface area (Å²) < 4.78 is 36.8. The minimum atomic E-state index is -1.56. The molecular formula is C36H42Cl2F2N4O3. The number of nitrogens with one attached hydrogen (secondary N) is 2. The van der Waals surface area contributed by atoms with E-state index in [-0.39, 0.29) is 38.5 Å². The fourth-order valence-electron chi connectivity index (χ4n) is 7.01. The highest BCUT2D eigenvalue weighted by Gasteiger charge is 2.58. The predicted octanol–water partition coefficient (Wildman–Crippen LogP) is 7.40. The van der Waals surface area contributed by atoms with Crippen molar-refractivity contribution < 1.29 is 23.1 Å². The normalized spacial score (nSPS) is 23.5. The fourth-order valence-corrected chi connectivity index (χ4v) is 7.35. The summed E-state index contributed by atoms with van der Waals surface area (Å²) >= 11 is 12.4. The van der Waals surface area contributed by atoms with E-state index in [1.54, 1.807) is 30.3 Å². The van der Waals surface area contributed by atoms with Crippen molar-refractivity contribution in [2.45, 2.75) is 70.5 Å². The average molecular weight is 688 g/mol. The number of anilines is 2. The molecule has 2 heterocycles. The highest BCUT2D eigenvalue weighted by atomic mass is 35.5. The van der Waals surface area contributed by atoms with Gasteiger partial charge in [-0.25, -0.2) is 8.78 Å². The van der Waals surface area contributed by atoms with Crippen molar-refractivity contribution in [2.75, 3.05) is 29.9 Å². The van der Waals surface area contributed by atoms with Gasteiger partial charge in [0.25, 0.3) is 0 Å². The Morgan fingerprint density at radius 1 is 1.06 bits per heavy atom. The van der Waals surface area contributed by atoms with Crippen LogP contribution in [0.4, 0.5) is 20.2 Å². The van der Waals surface area contributed by atoms with Gasteiger partial charge >= 0.3 is 5.97 Å². The third-order valence-electron chi connectivity index (χ3n) is 9.23. The number of rotatable bonds is 8.